The largest absolute Gasteiger partial charge is 0.348 e. The Morgan fingerprint density at radius 2 is 2.17 bits per heavy atom. The molecule has 1 spiro atoms. The Bertz CT molecular complexity index is 436. The molecular weight excluding hydrogens is 240 g/mol. The number of hydrogen-bond acceptors (Lipinski definition) is 5. The Kier molecular flexibility index (Phi) is 3.04. The highest BCUT2D eigenvalue weighted by atomic mass is 16.2. The van der Waals surface area contributed by atoms with Crippen LogP contribution in [0, 0.1) is 0 Å². The lowest BCUT2D eigenvalue weighted by molar-refractivity contribution is -0.126. The molecule has 0 aromatic carbocycles. The topological polar surface area (TPSA) is 116 Å². The van der Waals surface area contributed by atoms with Crippen molar-refractivity contribution in [1.82, 2.24) is 21.3 Å². The van der Waals surface area contributed by atoms with Crippen LogP contribution in [-0.2, 0) is 14.4 Å². The van der Waals surface area contributed by atoms with Crippen molar-refractivity contribution in [3.8, 4) is 0 Å². The summed E-state index contributed by atoms with van der Waals surface area (Å²) >= 11 is 0. The van der Waals surface area contributed by atoms with Crippen molar-refractivity contribution >= 4 is 23.6 Å². The summed E-state index contributed by atoms with van der Waals surface area (Å²) in [5.74, 6) is -0.930. The minimum absolute atomic E-state index is 0.0391. The molecule has 2 aliphatic heterocycles. The van der Waals surface area contributed by atoms with Gasteiger partial charge in [-0.25, -0.2) is 4.79 Å². The zero-order valence-corrected chi connectivity index (χ0v) is 9.83. The van der Waals surface area contributed by atoms with Crippen molar-refractivity contribution in [1.29, 1.82) is 0 Å². The lowest BCUT2D eigenvalue weighted by atomic mass is 9.96. The average Bonchev–Trinajstić information content (AvgIpc) is 2.81. The summed E-state index contributed by atoms with van der Waals surface area (Å²) in [6.45, 7) is 1.53. The van der Waals surface area contributed by atoms with E-state index in [-0.39, 0.29) is 31.2 Å². The number of amides is 4. The summed E-state index contributed by atoms with van der Waals surface area (Å²) in [5, 5.41) is 9.99. The number of carbonyl (C=O) groups is 4. The van der Waals surface area contributed by atoms with Crippen molar-refractivity contribution in [3.63, 3.8) is 0 Å². The number of ketones is 1. The molecule has 0 bridgehead atoms. The van der Waals surface area contributed by atoms with E-state index in [9.17, 15) is 19.2 Å². The highest BCUT2D eigenvalue weighted by Gasteiger charge is 2.52. The minimum Gasteiger partial charge on any atom is -0.348 e. The van der Waals surface area contributed by atoms with E-state index in [0.29, 0.717) is 0 Å². The van der Waals surface area contributed by atoms with Crippen molar-refractivity contribution in [2.75, 3.05) is 13.1 Å². The Labute approximate surface area is 103 Å². The second-order valence-electron chi connectivity index (χ2n) is 4.55. The van der Waals surface area contributed by atoms with Gasteiger partial charge in [-0.3, -0.25) is 19.7 Å². The van der Waals surface area contributed by atoms with Crippen molar-refractivity contribution in [2.45, 2.75) is 24.9 Å². The normalized spacial score (nSPS) is 30.2. The van der Waals surface area contributed by atoms with Gasteiger partial charge >= 0.3 is 6.03 Å². The quantitative estimate of drug-likeness (QED) is 0.420. The summed E-state index contributed by atoms with van der Waals surface area (Å²) in [6.07, 6.45) is 0.175. The minimum atomic E-state index is -1.05. The molecule has 2 atom stereocenters. The number of hydrogen-bond donors (Lipinski definition) is 4. The summed E-state index contributed by atoms with van der Waals surface area (Å²) < 4.78 is 0. The van der Waals surface area contributed by atoms with Crippen LogP contribution in [0.2, 0.25) is 0 Å². The average molecular weight is 254 g/mol. The summed E-state index contributed by atoms with van der Waals surface area (Å²) in [7, 11) is 0. The van der Waals surface area contributed by atoms with Gasteiger partial charge in [0.2, 0.25) is 5.91 Å². The molecule has 4 amide bonds. The van der Waals surface area contributed by atoms with Crippen molar-refractivity contribution in [2.24, 2.45) is 0 Å². The zero-order valence-electron chi connectivity index (χ0n) is 9.83. The molecule has 2 aliphatic rings. The first-order valence-electron chi connectivity index (χ1n) is 5.57. The van der Waals surface area contributed by atoms with E-state index >= 15 is 0 Å². The summed E-state index contributed by atoms with van der Waals surface area (Å²) in [5.41, 5.74) is -1.05. The molecule has 2 rings (SSSR count). The molecule has 2 saturated heterocycles. The fraction of sp³-hybridized carbons (Fsp3) is 0.600. The zero-order chi connectivity index (χ0) is 13.3. The van der Waals surface area contributed by atoms with E-state index in [0.717, 1.165) is 0 Å². The van der Waals surface area contributed by atoms with Crippen molar-refractivity contribution in [3.05, 3.63) is 0 Å². The first-order chi connectivity index (χ1) is 8.43. The van der Waals surface area contributed by atoms with Gasteiger partial charge in [-0.2, -0.15) is 0 Å². The maximum atomic E-state index is 11.7. The number of imide groups is 1. The van der Waals surface area contributed by atoms with Gasteiger partial charge < -0.3 is 16.0 Å². The molecule has 0 radical (unpaired) electrons. The Morgan fingerprint density at radius 1 is 1.44 bits per heavy atom. The Hall–Kier alpha value is -1.96. The monoisotopic (exact) mass is 254 g/mol. The fourth-order valence-electron chi connectivity index (χ4n) is 2.11. The molecule has 0 aliphatic carbocycles. The molecular formula is C10H14N4O4. The van der Waals surface area contributed by atoms with E-state index < -0.39 is 23.5 Å². The molecule has 0 saturated carbocycles. The molecule has 0 aromatic heterocycles. The second-order valence-corrected chi connectivity index (χ2v) is 4.55. The van der Waals surface area contributed by atoms with Crippen LogP contribution in [0.5, 0.6) is 0 Å². The fourth-order valence-corrected chi connectivity index (χ4v) is 2.11. The SMILES string of the molecule is CC(=O)CNC(=O)[C@@H]1C[C@@]2(CN1)NC(=O)NC2=O. The highest BCUT2D eigenvalue weighted by Crippen LogP contribution is 2.22. The molecule has 98 valence electrons. The molecule has 18 heavy (non-hydrogen) atoms. The summed E-state index contributed by atoms with van der Waals surface area (Å²) in [6, 6.07) is -1.14. The summed E-state index contributed by atoms with van der Waals surface area (Å²) in [4.78, 5) is 45.2. The second kappa shape index (κ2) is 4.37. The standard InChI is InChI=1S/C10H14N4O4/c1-5(15)3-11-7(16)6-2-10(4-12-6)8(17)13-9(18)14-10/h6,12H,2-4H2,1H3,(H,11,16)(H2,13,14,17,18)/t6-,10-/m0/s1. The highest BCUT2D eigenvalue weighted by molar-refractivity contribution is 6.08. The molecule has 0 unspecified atom stereocenters. The van der Waals surface area contributed by atoms with Crippen molar-refractivity contribution < 1.29 is 19.2 Å². The Balaban J connectivity index is 1.96. The van der Waals surface area contributed by atoms with E-state index in [1.807, 2.05) is 0 Å². The lowest BCUT2D eigenvalue weighted by Crippen LogP contribution is -2.48. The first kappa shape index (κ1) is 12.5. The molecule has 0 aromatic rings. The third-order valence-corrected chi connectivity index (χ3v) is 3.05. The number of Topliss-reactive ketones (excluding diaryl/α,β-unsaturated/α-hetero) is 1. The first-order valence-corrected chi connectivity index (χ1v) is 5.57. The van der Waals surface area contributed by atoms with Gasteiger partial charge in [0.05, 0.1) is 12.6 Å². The predicted octanol–water partition coefficient (Wildman–Crippen LogP) is -2.37. The smallest absolute Gasteiger partial charge is 0.322 e. The number of nitrogens with one attached hydrogen (secondary N) is 4. The van der Waals surface area contributed by atoms with Crippen LogP contribution < -0.4 is 21.3 Å². The van der Waals surface area contributed by atoms with Crippen LogP contribution in [0.4, 0.5) is 4.79 Å². The third kappa shape index (κ3) is 2.19. The van der Waals surface area contributed by atoms with E-state index in [2.05, 4.69) is 21.3 Å². The van der Waals surface area contributed by atoms with Crippen LogP contribution in [0.3, 0.4) is 0 Å². The van der Waals surface area contributed by atoms with Gasteiger partial charge in [0.15, 0.2) is 0 Å². The van der Waals surface area contributed by atoms with Crippen LogP contribution >= 0.6 is 0 Å². The number of carbonyl (C=O) groups excluding carboxylic acids is 4. The predicted molar refractivity (Wildman–Crippen MR) is 59.5 cm³/mol. The number of urea groups is 1. The van der Waals surface area contributed by atoms with Gasteiger partial charge in [0, 0.05) is 13.0 Å². The molecule has 8 heteroatoms. The molecule has 2 fully saturated rings. The van der Waals surface area contributed by atoms with Crippen LogP contribution in [0.25, 0.3) is 0 Å². The molecule has 8 nitrogen and oxygen atoms in total. The van der Waals surface area contributed by atoms with Crippen LogP contribution in [-0.4, -0.2) is 48.3 Å². The Morgan fingerprint density at radius 3 is 2.72 bits per heavy atom. The number of rotatable bonds is 3. The van der Waals surface area contributed by atoms with E-state index in [4.69, 9.17) is 0 Å². The maximum absolute atomic E-state index is 11.7. The van der Waals surface area contributed by atoms with Gasteiger partial charge in [-0.1, -0.05) is 0 Å². The lowest BCUT2D eigenvalue weighted by Gasteiger charge is -2.17. The molecule has 4 N–H and O–H groups in total. The molecule has 2 heterocycles. The van der Waals surface area contributed by atoms with Gasteiger partial charge in [0.25, 0.3) is 5.91 Å². The van der Waals surface area contributed by atoms with Crippen LogP contribution in [0.15, 0.2) is 0 Å². The van der Waals surface area contributed by atoms with E-state index in [1.54, 1.807) is 0 Å². The van der Waals surface area contributed by atoms with E-state index in [1.165, 1.54) is 6.92 Å². The van der Waals surface area contributed by atoms with Gasteiger partial charge in [-0.15, -0.1) is 0 Å². The third-order valence-electron chi connectivity index (χ3n) is 3.05. The van der Waals surface area contributed by atoms with Crippen LogP contribution in [0.1, 0.15) is 13.3 Å². The van der Waals surface area contributed by atoms with Gasteiger partial charge in [0.1, 0.15) is 11.3 Å². The maximum Gasteiger partial charge on any atom is 0.322 e. The van der Waals surface area contributed by atoms with Gasteiger partial charge in [-0.05, 0) is 6.92 Å².